The van der Waals surface area contributed by atoms with E-state index in [4.69, 9.17) is 4.52 Å². The van der Waals surface area contributed by atoms with Crippen LogP contribution in [0.5, 0.6) is 0 Å². The molecule has 1 amide bonds. The summed E-state index contributed by atoms with van der Waals surface area (Å²) < 4.78 is 5.17. The average molecular weight is 306 g/mol. The maximum absolute atomic E-state index is 12.3. The third-order valence-corrected chi connectivity index (χ3v) is 3.73. The first-order valence-corrected chi connectivity index (χ1v) is 7.53. The van der Waals surface area contributed by atoms with Crippen LogP contribution in [0.4, 0.5) is 0 Å². The summed E-state index contributed by atoms with van der Waals surface area (Å²) in [7, 11) is 0. The second kappa shape index (κ2) is 6.48. The van der Waals surface area contributed by atoms with Crippen molar-refractivity contribution in [2.24, 2.45) is 0 Å². The van der Waals surface area contributed by atoms with Crippen molar-refractivity contribution in [2.45, 2.75) is 19.9 Å². The van der Waals surface area contributed by atoms with Gasteiger partial charge in [0.2, 0.25) is 5.76 Å². The van der Waals surface area contributed by atoms with Gasteiger partial charge in [-0.2, -0.15) is 0 Å². The molecule has 1 unspecified atom stereocenters. The van der Waals surface area contributed by atoms with Crippen molar-refractivity contribution in [3.8, 4) is 11.3 Å². The highest BCUT2D eigenvalue weighted by molar-refractivity contribution is 5.92. The van der Waals surface area contributed by atoms with Crippen LogP contribution in [0.25, 0.3) is 11.3 Å². The summed E-state index contributed by atoms with van der Waals surface area (Å²) in [6.07, 6.45) is 0. The van der Waals surface area contributed by atoms with Crippen LogP contribution in [0.3, 0.4) is 0 Å². The highest BCUT2D eigenvalue weighted by atomic mass is 16.5. The minimum Gasteiger partial charge on any atom is -0.350 e. The van der Waals surface area contributed by atoms with Crippen LogP contribution in [-0.2, 0) is 0 Å². The fourth-order valence-corrected chi connectivity index (χ4v) is 2.33. The zero-order valence-corrected chi connectivity index (χ0v) is 13.1. The van der Waals surface area contributed by atoms with E-state index in [0.717, 1.165) is 11.1 Å². The molecule has 0 saturated carbocycles. The van der Waals surface area contributed by atoms with E-state index in [-0.39, 0.29) is 17.7 Å². The molecule has 0 aliphatic carbocycles. The molecule has 23 heavy (non-hydrogen) atoms. The second-order valence-electron chi connectivity index (χ2n) is 5.55. The largest absolute Gasteiger partial charge is 0.350 e. The number of nitrogens with zero attached hydrogens (tertiary/aromatic N) is 1. The normalized spacial score (nSPS) is 11.9. The van der Waals surface area contributed by atoms with Crippen LogP contribution >= 0.6 is 0 Å². The fraction of sp³-hybridized carbons (Fsp3) is 0.158. The summed E-state index contributed by atoms with van der Waals surface area (Å²) in [6, 6.07) is 19.3. The highest BCUT2D eigenvalue weighted by Gasteiger charge is 2.16. The SMILES string of the molecule is Cc1ccc(C(C)NC(=O)c2cc(-c3ccccc3)no2)cc1. The first-order valence-electron chi connectivity index (χ1n) is 7.53. The van der Waals surface area contributed by atoms with E-state index in [0.29, 0.717) is 5.69 Å². The molecular weight excluding hydrogens is 288 g/mol. The molecule has 1 heterocycles. The first kappa shape index (κ1) is 15.0. The van der Waals surface area contributed by atoms with Gasteiger partial charge in [0.25, 0.3) is 5.91 Å². The van der Waals surface area contributed by atoms with Gasteiger partial charge in [-0.15, -0.1) is 0 Å². The summed E-state index contributed by atoms with van der Waals surface area (Å²) in [5, 5.41) is 6.89. The lowest BCUT2D eigenvalue weighted by atomic mass is 10.1. The summed E-state index contributed by atoms with van der Waals surface area (Å²) in [6.45, 7) is 3.98. The Morgan fingerprint density at radius 1 is 1.09 bits per heavy atom. The highest BCUT2D eigenvalue weighted by Crippen LogP contribution is 2.19. The molecule has 116 valence electrons. The van der Waals surface area contributed by atoms with Crippen LogP contribution in [0, 0.1) is 6.92 Å². The molecular formula is C19H18N2O2. The van der Waals surface area contributed by atoms with Gasteiger partial charge >= 0.3 is 0 Å². The van der Waals surface area contributed by atoms with Gasteiger partial charge in [-0.1, -0.05) is 65.3 Å². The van der Waals surface area contributed by atoms with Crippen molar-refractivity contribution < 1.29 is 9.32 Å². The molecule has 1 N–H and O–H groups in total. The van der Waals surface area contributed by atoms with Gasteiger partial charge in [-0.3, -0.25) is 4.79 Å². The van der Waals surface area contributed by atoms with Crippen molar-refractivity contribution in [1.82, 2.24) is 10.5 Å². The minimum atomic E-state index is -0.271. The molecule has 0 spiro atoms. The molecule has 3 aromatic rings. The van der Waals surface area contributed by atoms with Crippen molar-refractivity contribution >= 4 is 5.91 Å². The van der Waals surface area contributed by atoms with Gasteiger partial charge in [0, 0.05) is 11.6 Å². The van der Waals surface area contributed by atoms with Crippen LogP contribution in [0.1, 0.15) is 34.6 Å². The molecule has 1 aromatic heterocycles. The molecule has 0 fully saturated rings. The number of hydrogen-bond acceptors (Lipinski definition) is 3. The number of carbonyl (C=O) groups excluding carboxylic acids is 1. The standard InChI is InChI=1S/C19H18N2O2/c1-13-8-10-15(11-9-13)14(2)20-19(22)18-12-17(21-23-18)16-6-4-3-5-7-16/h3-12,14H,1-2H3,(H,20,22). The third-order valence-electron chi connectivity index (χ3n) is 3.73. The number of rotatable bonds is 4. The Kier molecular flexibility index (Phi) is 4.24. The van der Waals surface area contributed by atoms with Crippen LogP contribution in [0.2, 0.25) is 0 Å². The van der Waals surface area contributed by atoms with Gasteiger partial charge in [-0.25, -0.2) is 0 Å². The number of amides is 1. The second-order valence-corrected chi connectivity index (χ2v) is 5.55. The van der Waals surface area contributed by atoms with E-state index in [1.54, 1.807) is 6.07 Å². The molecule has 4 nitrogen and oxygen atoms in total. The summed E-state index contributed by atoms with van der Waals surface area (Å²) >= 11 is 0. The lowest BCUT2D eigenvalue weighted by Gasteiger charge is -2.13. The Labute approximate surface area is 135 Å². The molecule has 3 rings (SSSR count). The van der Waals surface area contributed by atoms with Crippen molar-refractivity contribution in [1.29, 1.82) is 0 Å². The number of carbonyl (C=O) groups is 1. The summed E-state index contributed by atoms with van der Waals surface area (Å²) in [5.41, 5.74) is 3.81. The Morgan fingerprint density at radius 3 is 2.48 bits per heavy atom. The number of nitrogens with one attached hydrogen (secondary N) is 1. The van der Waals surface area contributed by atoms with E-state index >= 15 is 0 Å². The van der Waals surface area contributed by atoms with Gasteiger partial charge in [0.05, 0.1) is 6.04 Å². The maximum atomic E-state index is 12.3. The van der Waals surface area contributed by atoms with Crippen molar-refractivity contribution in [3.05, 3.63) is 77.6 Å². The number of aromatic nitrogens is 1. The molecule has 0 aliphatic rings. The summed E-state index contributed by atoms with van der Waals surface area (Å²) in [5.74, 6) is -0.0597. The minimum absolute atomic E-state index is 0.103. The molecule has 2 aromatic carbocycles. The molecule has 1 atom stereocenters. The van der Waals surface area contributed by atoms with Gasteiger partial charge in [-0.05, 0) is 19.4 Å². The van der Waals surface area contributed by atoms with E-state index in [2.05, 4.69) is 10.5 Å². The zero-order chi connectivity index (χ0) is 16.2. The first-order chi connectivity index (χ1) is 11.1. The summed E-state index contributed by atoms with van der Waals surface area (Å²) in [4.78, 5) is 12.3. The van der Waals surface area contributed by atoms with E-state index in [1.165, 1.54) is 5.56 Å². The predicted molar refractivity (Wildman–Crippen MR) is 89.0 cm³/mol. The topological polar surface area (TPSA) is 55.1 Å². The Balaban J connectivity index is 1.71. The molecule has 0 aliphatic heterocycles. The molecule has 0 radical (unpaired) electrons. The van der Waals surface area contributed by atoms with Gasteiger partial charge in [0.15, 0.2) is 0 Å². The molecule has 0 bridgehead atoms. The number of hydrogen-bond donors (Lipinski definition) is 1. The number of benzene rings is 2. The maximum Gasteiger partial charge on any atom is 0.290 e. The van der Waals surface area contributed by atoms with Gasteiger partial charge < -0.3 is 9.84 Å². The predicted octanol–water partition coefficient (Wildman–Crippen LogP) is 4.14. The Morgan fingerprint density at radius 2 is 1.78 bits per heavy atom. The fourth-order valence-electron chi connectivity index (χ4n) is 2.33. The van der Waals surface area contributed by atoms with Gasteiger partial charge in [0.1, 0.15) is 5.69 Å². The molecule has 4 heteroatoms. The molecule has 0 saturated heterocycles. The van der Waals surface area contributed by atoms with Crippen LogP contribution < -0.4 is 5.32 Å². The quantitative estimate of drug-likeness (QED) is 0.788. The Bertz CT molecular complexity index is 792. The van der Waals surface area contributed by atoms with Crippen molar-refractivity contribution in [3.63, 3.8) is 0 Å². The monoisotopic (exact) mass is 306 g/mol. The third kappa shape index (κ3) is 3.48. The zero-order valence-electron chi connectivity index (χ0n) is 13.1. The smallest absolute Gasteiger partial charge is 0.290 e. The van der Waals surface area contributed by atoms with E-state index in [9.17, 15) is 4.79 Å². The van der Waals surface area contributed by atoms with E-state index < -0.39 is 0 Å². The van der Waals surface area contributed by atoms with Crippen LogP contribution in [-0.4, -0.2) is 11.1 Å². The van der Waals surface area contributed by atoms with E-state index in [1.807, 2.05) is 68.4 Å². The lowest BCUT2D eigenvalue weighted by Crippen LogP contribution is -2.26. The average Bonchev–Trinajstić information content (AvgIpc) is 3.06. The lowest BCUT2D eigenvalue weighted by molar-refractivity contribution is 0.0902. The number of aryl methyl sites for hydroxylation is 1. The Hall–Kier alpha value is -2.88. The van der Waals surface area contributed by atoms with Crippen LogP contribution in [0.15, 0.2) is 65.2 Å². The van der Waals surface area contributed by atoms with Crippen molar-refractivity contribution in [2.75, 3.05) is 0 Å².